The second kappa shape index (κ2) is 6.21. The van der Waals surface area contributed by atoms with Crippen LogP contribution in [0.1, 0.15) is 19.9 Å². The highest BCUT2D eigenvalue weighted by Crippen LogP contribution is 2.20. The van der Waals surface area contributed by atoms with E-state index < -0.39 is 11.9 Å². The third kappa shape index (κ3) is 3.28. The molecule has 0 radical (unpaired) electrons. The first-order valence-corrected chi connectivity index (χ1v) is 6.65. The van der Waals surface area contributed by atoms with E-state index in [-0.39, 0.29) is 5.56 Å². The molecule has 2 N–H and O–H groups in total. The maximum atomic E-state index is 11.8. The molecule has 0 aliphatic rings. The lowest BCUT2D eigenvalue weighted by molar-refractivity contribution is -0.121. The lowest BCUT2D eigenvalue weighted by atomic mass is 10.1. The fraction of sp³-hybridized carbons (Fsp3) is 0.267. The van der Waals surface area contributed by atoms with Crippen molar-refractivity contribution >= 4 is 5.91 Å². The normalized spacial score (nSPS) is 11.9. The minimum atomic E-state index is -0.792. The van der Waals surface area contributed by atoms with Gasteiger partial charge in [-0.25, -0.2) is 4.68 Å². The summed E-state index contributed by atoms with van der Waals surface area (Å²) in [6.07, 6.45) is 0. The Labute approximate surface area is 122 Å². The second-order valence-corrected chi connectivity index (χ2v) is 4.54. The molecule has 21 heavy (non-hydrogen) atoms. The molecule has 1 heterocycles. The Kier molecular flexibility index (Phi) is 4.37. The predicted octanol–water partition coefficient (Wildman–Crippen LogP) is 1.36. The number of nitrogens with two attached hydrogens (primary N) is 1. The molecule has 0 bridgehead atoms. The molecule has 0 fully saturated rings. The maximum absolute atomic E-state index is 11.8. The molecule has 1 aromatic heterocycles. The summed E-state index contributed by atoms with van der Waals surface area (Å²) in [7, 11) is 0. The summed E-state index contributed by atoms with van der Waals surface area (Å²) in [6.45, 7) is 4.05. The Hall–Kier alpha value is -2.63. The molecule has 1 atom stereocenters. The van der Waals surface area contributed by atoms with E-state index in [0.29, 0.717) is 12.3 Å². The van der Waals surface area contributed by atoms with E-state index in [0.717, 1.165) is 16.0 Å². The third-order valence-corrected chi connectivity index (χ3v) is 3.06. The molecule has 1 aromatic carbocycles. The number of benzene rings is 1. The van der Waals surface area contributed by atoms with E-state index in [1.165, 1.54) is 6.07 Å². The third-order valence-electron chi connectivity index (χ3n) is 3.06. The summed E-state index contributed by atoms with van der Waals surface area (Å²) in [6, 6.07) is 9.54. The van der Waals surface area contributed by atoms with Gasteiger partial charge < -0.3 is 10.5 Å². The minimum absolute atomic E-state index is 0.365. The summed E-state index contributed by atoms with van der Waals surface area (Å²) < 4.78 is 6.46. The molecule has 6 heteroatoms. The van der Waals surface area contributed by atoms with Gasteiger partial charge in [0, 0.05) is 11.6 Å². The number of carbonyl (C=O) groups excluding carboxylic acids is 1. The smallest absolute Gasteiger partial charge is 0.267 e. The number of ether oxygens (including phenoxy) is 1. The van der Waals surface area contributed by atoms with Crippen molar-refractivity contribution in [3.8, 4) is 17.0 Å². The predicted molar refractivity (Wildman–Crippen MR) is 79.0 cm³/mol. The number of hydrogen-bond acceptors (Lipinski definition) is 4. The Bertz CT molecular complexity index is 692. The van der Waals surface area contributed by atoms with Crippen molar-refractivity contribution in [3.05, 3.63) is 46.8 Å². The van der Waals surface area contributed by atoms with Gasteiger partial charge in [0.1, 0.15) is 11.8 Å². The monoisotopic (exact) mass is 287 g/mol. The minimum Gasteiger partial charge on any atom is -0.494 e. The fourth-order valence-electron chi connectivity index (χ4n) is 1.87. The molecule has 2 rings (SSSR count). The zero-order valence-corrected chi connectivity index (χ0v) is 11.9. The Morgan fingerprint density at radius 1 is 1.29 bits per heavy atom. The van der Waals surface area contributed by atoms with Crippen LogP contribution in [0.4, 0.5) is 0 Å². The molecule has 1 unspecified atom stereocenters. The van der Waals surface area contributed by atoms with Gasteiger partial charge in [0.25, 0.3) is 5.56 Å². The average Bonchev–Trinajstić information content (AvgIpc) is 2.48. The molecule has 0 saturated heterocycles. The van der Waals surface area contributed by atoms with Crippen molar-refractivity contribution in [1.29, 1.82) is 0 Å². The quantitative estimate of drug-likeness (QED) is 0.899. The number of nitrogens with zero attached hydrogens (tertiary/aromatic N) is 2. The van der Waals surface area contributed by atoms with Crippen LogP contribution in [0.3, 0.4) is 0 Å². The van der Waals surface area contributed by atoms with Gasteiger partial charge in [-0.1, -0.05) is 0 Å². The highest BCUT2D eigenvalue weighted by atomic mass is 16.5. The lowest BCUT2D eigenvalue weighted by Crippen LogP contribution is -2.33. The summed E-state index contributed by atoms with van der Waals surface area (Å²) in [5, 5.41) is 4.20. The molecule has 6 nitrogen and oxygen atoms in total. The average molecular weight is 287 g/mol. The van der Waals surface area contributed by atoms with Crippen LogP contribution in [0.2, 0.25) is 0 Å². The topological polar surface area (TPSA) is 87.2 Å². The molecule has 1 amide bonds. The van der Waals surface area contributed by atoms with Crippen molar-refractivity contribution < 1.29 is 9.53 Å². The van der Waals surface area contributed by atoms with Gasteiger partial charge in [0.2, 0.25) is 5.91 Å². The van der Waals surface area contributed by atoms with Crippen LogP contribution >= 0.6 is 0 Å². The van der Waals surface area contributed by atoms with Gasteiger partial charge in [0.05, 0.1) is 12.3 Å². The Balaban J connectivity index is 2.38. The molecule has 0 saturated carbocycles. The second-order valence-electron chi connectivity index (χ2n) is 4.54. The largest absolute Gasteiger partial charge is 0.494 e. The lowest BCUT2D eigenvalue weighted by Gasteiger charge is -2.11. The van der Waals surface area contributed by atoms with Gasteiger partial charge in [-0.15, -0.1) is 0 Å². The van der Waals surface area contributed by atoms with Crippen LogP contribution in [0, 0.1) is 0 Å². The maximum Gasteiger partial charge on any atom is 0.267 e. The molecule has 2 aromatic rings. The van der Waals surface area contributed by atoms with Crippen LogP contribution in [0.25, 0.3) is 11.3 Å². The SMILES string of the molecule is CCOc1ccc(-c2ccc(=O)n(C(C)C(N)=O)n2)cc1. The van der Waals surface area contributed by atoms with Crippen molar-refractivity contribution in [2.24, 2.45) is 5.73 Å². The van der Waals surface area contributed by atoms with Crippen molar-refractivity contribution in [2.75, 3.05) is 6.61 Å². The summed E-state index contributed by atoms with van der Waals surface area (Å²) >= 11 is 0. The highest BCUT2D eigenvalue weighted by molar-refractivity contribution is 5.77. The molecular formula is C15H17N3O3. The number of hydrogen-bond donors (Lipinski definition) is 1. The van der Waals surface area contributed by atoms with Gasteiger partial charge in [-0.05, 0) is 44.2 Å². The van der Waals surface area contributed by atoms with Crippen LogP contribution in [0.15, 0.2) is 41.2 Å². The van der Waals surface area contributed by atoms with E-state index in [1.54, 1.807) is 13.0 Å². The number of aromatic nitrogens is 2. The van der Waals surface area contributed by atoms with Crippen LogP contribution < -0.4 is 16.0 Å². The van der Waals surface area contributed by atoms with Gasteiger partial charge in [0.15, 0.2) is 0 Å². The molecule has 110 valence electrons. The Morgan fingerprint density at radius 3 is 2.52 bits per heavy atom. The number of primary amides is 1. The van der Waals surface area contributed by atoms with E-state index >= 15 is 0 Å². The van der Waals surface area contributed by atoms with Gasteiger partial charge in [-0.2, -0.15) is 5.10 Å². The standard InChI is InChI=1S/C15H17N3O3/c1-3-21-12-6-4-11(5-7-12)13-8-9-14(19)18(17-13)10(2)15(16)20/h4-10H,3H2,1-2H3,(H2,16,20). The van der Waals surface area contributed by atoms with Crippen LogP contribution in [0.5, 0.6) is 5.75 Å². The zero-order chi connectivity index (χ0) is 15.4. The first kappa shape index (κ1) is 14.8. The van der Waals surface area contributed by atoms with E-state index in [9.17, 15) is 9.59 Å². The van der Waals surface area contributed by atoms with Crippen LogP contribution in [-0.2, 0) is 4.79 Å². The number of rotatable bonds is 5. The first-order chi connectivity index (χ1) is 10.0. The van der Waals surface area contributed by atoms with Crippen molar-refractivity contribution in [1.82, 2.24) is 9.78 Å². The number of amides is 1. The summed E-state index contributed by atoms with van der Waals surface area (Å²) in [5.74, 6) is 0.161. The highest BCUT2D eigenvalue weighted by Gasteiger charge is 2.14. The van der Waals surface area contributed by atoms with Crippen LogP contribution in [-0.4, -0.2) is 22.3 Å². The van der Waals surface area contributed by atoms with Crippen molar-refractivity contribution in [2.45, 2.75) is 19.9 Å². The van der Waals surface area contributed by atoms with Gasteiger partial charge >= 0.3 is 0 Å². The Morgan fingerprint density at radius 2 is 1.95 bits per heavy atom. The fourth-order valence-corrected chi connectivity index (χ4v) is 1.87. The van der Waals surface area contributed by atoms with E-state index in [1.807, 2.05) is 31.2 Å². The zero-order valence-electron chi connectivity index (χ0n) is 11.9. The number of carbonyl (C=O) groups is 1. The molecular weight excluding hydrogens is 270 g/mol. The van der Waals surface area contributed by atoms with E-state index in [2.05, 4.69) is 5.10 Å². The summed E-state index contributed by atoms with van der Waals surface area (Å²) in [4.78, 5) is 23.0. The van der Waals surface area contributed by atoms with Crippen molar-refractivity contribution in [3.63, 3.8) is 0 Å². The van der Waals surface area contributed by atoms with E-state index in [4.69, 9.17) is 10.5 Å². The van der Waals surface area contributed by atoms with Gasteiger partial charge in [-0.3, -0.25) is 9.59 Å². The summed E-state index contributed by atoms with van der Waals surface area (Å²) in [5.41, 5.74) is 6.27. The molecule has 0 aliphatic heterocycles. The first-order valence-electron chi connectivity index (χ1n) is 6.65. The molecule has 0 spiro atoms. The molecule has 0 aliphatic carbocycles.